The van der Waals surface area contributed by atoms with E-state index in [2.05, 4.69) is 6.92 Å². The van der Waals surface area contributed by atoms with Crippen molar-refractivity contribution >= 4 is 61.2 Å². The second-order valence-electron chi connectivity index (χ2n) is 7.98. The first-order chi connectivity index (χ1) is 15.2. The number of sulfonamides is 1. The smallest absolute Gasteiger partial charge is 0.244 e. The number of rotatable bonds is 9. The molecule has 0 aromatic heterocycles. The zero-order valence-electron chi connectivity index (χ0n) is 19.1. The minimum absolute atomic E-state index is 0. The van der Waals surface area contributed by atoms with Gasteiger partial charge in [0.1, 0.15) is 4.90 Å². The van der Waals surface area contributed by atoms with Gasteiger partial charge in [-0.05, 0) is 30.7 Å². The monoisotopic (exact) mass is 575 g/mol. The molecule has 2 aromatic rings. The van der Waals surface area contributed by atoms with E-state index < -0.39 is 15.7 Å². The lowest BCUT2D eigenvalue weighted by Gasteiger charge is -2.35. The number of hydrogen-bond donors (Lipinski definition) is 1. The largest absolute Gasteiger partial charge is 0.366 e. The normalized spacial score (nSPS) is 19.8. The van der Waals surface area contributed by atoms with Crippen LogP contribution in [0.4, 0.5) is 5.69 Å². The minimum atomic E-state index is -3.76. The van der Waals surface area contributed by atoms with Crippen LogP contribution >= 0.6 is 40.3 Å². The lowest BCUT2D eigenvalue weighted by Crippen LogP contribution is -2.45. The molecule has 1 atom stereocenters. The van der Waals surface area contributed by atoms with Gasteiger partial charge in [-0.25, -0.2) is 17.7 Å². The molecule has 6 nitrogen and oxygen atoms in total. The summed E-state index contributed by atoms with van der Waals surface area (Å²) in [5, 5.41) is 12.7. The van der Waals surface area contributed by atoms with Gasteiger partial charge in [-0.3, -0.25) is 0 Å². The van der Waals surface area contributed by atoms with Crippen molar-refractivity contribution in [3.05, 3.63) is 59.1 Å². The van der Waals surface area contributed by atoms with Crippen LogP contribution in [-0.4, -0.2) is 54.3 Å². The Morgan fingerprint density at radius 1 is 1.15 bits per heavy atom. The molecule has 182 valence electrons. The lowest BCUT2D eigenvalue weighted by atomic mass is 10.0. The number of thioether (sulfide) groups is 1. The molecule has 33 heavy (non-hydrogen) atoms. The van der Waals surface area contributed by atoms with Crippen LogP contribution in [0.5, 0.6) is 0 Å². The number of halogens is 2. The number of para-hydroxylation sites is 1. The molecule has 0 aliphatic carbocycles. The van der Waals surface area contributed by atoms with E-state index in [1.54, 1.807) is 6.07 Å². The van der Waals surface area contributed by atoms with E-state index in [4.69, 9.17) is 16.6 Å². The molecule has 0 bridgehead atoms. The van der Waals surface area contributed by atoms with E-state index in [9.17, 15) is 13.5 Å². The fraction of sp³-hybridized carbons (Fsp3) is 0.435. The Kier molecular flexibility index (Phi) is 10.3. The summed E-state index contributed by atoms with van der Waals surface area (Å²) in [6.07, 6.45) is 4.19. The quantitative estimate of drug-likeness (QED) is 0.392. The van der Waals surface area contributed by atoms with Crippen molar-refractivity contribution in [3.63, 3.8) is 0 Å². The molecule has 1 unspecified atom stereocenters. The highest BCUT2D eigenvalue weighted by Crippen LogP contribution is 2.41. The molecule has 3 rings (SSSR count). The second-order valence-corrected chi connectivity index (χ2v) is 11.5. The van der Waals surface area contributed by atoms with E-state index in [-0.39, 0.29) is 26.9 Å². The summed E-state index contributed by atoms with van der Waals surface area (Å²) in [5.74, 6) is 0.343. The number of aliphatic imine (C=N–C) groups is 1. The fourth-order valence-electron chi connectivity index (χ4n) is 3.55. The highest BCUT2D eigenvalue weighted by Gasteiger charge is 2.45. The maximum absolute atomic E-state index is 12.8. The van der Waals surface area contributed by atoms with Gasteiger partial charge in [0, 0.05) is 26.2 Å². The standard InChI is InChI=1S/C23H30ClN3O3S2.BrH/c1-4-5-6-10-15-27-22(25-19-11-8-7-9-12-19)31-17-23(27,28)18-13-14-20(24)21(16-18)32(29,30)26(2)3;/h7-9,11-14,16,28H,4-6,10,15,17H2,1-3H3;1H. The van der Waals surface area contributed by atoms with Gasteiger partial charge in [0.25, 0.3) is 0 Å². The number of aliphatic hydroxyl groups is 1. The molecule has 1 N–H and O–H groups in total. The van der Waals surface area contributed by atoms with Gasteiger partial charge in [-0.1, -0.05) is 73.8 Å². The molecule has 1 aliphatic rings. The molecule has 1 fully saturated rings. The van der Waals surface area contributed by atoms with Crippen molar-refractivity contribution in [2.75, 3.05) is 26.4 Å². The van der Waals surface area contributed by atoms with Gasteiger partial charge < -0.3 is 10.0 Å². The van der Waals surface area contributed by atoms with E-state index >= 15 is 0 Å². The SMILES string of the molecule is Br.CCCCCCN1C(=Nc2ccccc2)SCC1(O)c1ccc(Cl)c(S(=O)(=O)N(C)C)c1. The van der Waals surface area contributed by atoms with Gasteiger partial charge in [0.05, 0.1) is 16.5 Å². The average Bonchev–Trinajstić information content (AvgIpc) is 3.08. The van der Waals surface area contributed by atoms with Crippen molar-refractivity contribution < 1.29 is 13.5 Å². The Hall–Kier alpha value is -1.10. The van der Waals surface area contributed by atoms with Crippen LogP contribution in [0.15, 0.2) is 58.4 Å². The summed E-state index contributed by atoms with van der Waals surface area (Å²) in [4.78, 5) is 6.65. The Morgan fingerprint density at radius 2 is 1.85 bits per heavy atom. The molecule has 1 heterocycles. The molecule has 0 saturated carbocycles. The van der Waals surface area contributed by atoms with Crippen LogP contribution in [0.1, 0.15) is 38.2 Å². The molecule has 10 heteroatoms. The first kappa shape index (κ1) is 28.1. The maximum Gasteiger partial charge on any atom is 0.244 e. The van der Waals surface area contributed by atoms with E-state index in [1.165, 1.54) is 38.0 Å². The third-order valence-corrected chi connectivity index (χ3v) is 8.86. The summed E-state index contributed by atoms with van der Waals surface area (Å²) < 4.78 is 26.7. The number of unbranched alkanes of at least 4 members (excludes halogenated alkanes) is 3. The zero-order valence-corrected chi connectivity index (χ0v) is 23.2. The Morgan fingerprint density at radius 3 is 2.48 bits per heavy atom. The number of hydrogen-bond acceptors (Lipinski definition) is 5. The second kappa shape index (κ2) is 12.0. The summed E-state index contributed by atoms with van der Waals surface area (Å²) in [7, 11) is -0.833. The first-order valence-electron chi connectivity index (χ1n) is 10.7. The van der Waals surface area contributed by atoms with Crippen molar-refractivity contribution in [2.24, 2.45) is 4.99 Å². The Bertz CT molecular complexity index is 1070. The van der Waals surface area contributed by atoms with Gasteiger partial charge in [-0.15, -0.1) is 17.0 Å². The van der Waals surface area contributed by atoms with Crippen LogP contribution < -0.4 is 0 Å². The molecule has 0 amide bonds. The van der Waals surface area contributed by atoms with Crippen LogP contribution in [0.2, 0.25) is 5.02 Å². The number of amidine groups is 1. The first-order valence-corrected chi connectivity index (χ1v) is 13.5. The van der Waals surface area contributed by atoms with Crippen LogP contribution in [-0.2, 0) is 15.7 Å². The van der Waals surface area contributed by atoms with Gasteiger partial charge in [0.15, 0.2) is 10.9 Å². The minimum Gasteiger partial charge on any atom is -0.366 e. The Labute approximate surface area is 216 Å². The molecule has 1 saturated heterocycles. The highest BCUT2D eigenvalue weighted by atomic mass is 79.9. The Balaban J connectivity index is 0.00000385. The number of benzene rings is 2. The topological polar surface area (TPSA) is 73.2 Å². The van der Waals surface area contributed by atoms with Crippen LogP contribution in [0.3, 0.4) is 0 Å². The van der Waals surface area contributed by atoms with Gasteiger partial charge in [0.2, 0.25) is 10.0 Å². The van der Waals surface area contributed by atoms with Crippen LogP contribution in [0, 0.1) is 0 Å². The molecular weight excluding hydrogens is 546 g/mol. The van der Waals surface area contributed by atoms with Crippen LogP contribution in [0.25, 0.3) is 0 Å². The molecule has 1 aliphatic heterocycles. The van der Waals surface area contributed by atoms with Crippen molar-refractivity contribution in [2.45, 2.75) is 43.2 Å². The van der Waals surface area contributed by atoms with E-state index in [0.717, 1.165) is 40.8 Å². The predicted octanol–water partition coefficient (Wildman–Crippen LogP) is 5.63. The third kappa shape index (κ3) is 6.32. The summed E-state index contributed by atoms with van der Waals surface area (Å²) >= 11 is 7.71. The third-order valence-electron chi connectivity index (χ3n) is 5.45. The summed E-state index contributed by atoms with van der Waals surface area (Å²) in [6, 6.07) is 14.4. The van der Waals surface area contributed by atoms with E-state index in [0.29, 0.717) is 17.9 Å². The predicted molar refractivity (Wildman–Crippen MR) is 143 cm³/mol. The van der Waals surface area contributed by atoms with Crippen molar-refractivity contribution in [3.8, 4) is 0 Å². The molecular formula is C23H31BrClN3O3S2. The average molecular weight is 577 g/mol. The van der Waals surface area contributed by atoms with Gasteiger partial charge in [-0.2, -0.15) is 0 Å². The van der Waals surface area contributed by atoms with Crippen molar-refractivity contribution in [1.82, 2.24) is 9.21 Å². The highest BCUT2D eigenvalue weighted by molar-refractivity contribution is 8.93. The fourth-order valence-corrected chi connectivity index (χ4v) is 6.16. The van der Waals surface area contributed by atoms with E-state index in [1.807, 2.05) is 35.2 Å². The zero-order chi connectivity index (χ0) is 23.4. The van der Waals surface area contributed by atoms with Gasteiger partial charge >= 0.3 is 0 Å². The van der Waals surface area contributed by atoms with Crippen molar-refractivity contribution in [1.29, 1.82) is 0 Å². The molecule has 2 aromatic carbocycles. The molecule has 0 radical (unpaired) electrons. The summed E-state index contributed by atoms with van der Waals surface area (Å²) in [5.41, 5.74) is -0.0839. The molecule has 0 spiro atoms. The number of nitrogens with zero attached hydrogens (tertiary/aromatic N) is 3. The summed E-state index contributed by atoms with van der Waals surface area (Å²) in [6.45, 7) is 2.78. The maximum atomic E-state index is 12.8. The lowest BCUT2D eigenvalue weighted by molar-refractivity contribution is -0.0484.